The van der Waals surface area contributed by atoms with Crippen molar-refractivity contribution in [1.82, 2.24) is 10.7 Å². The van der Waals surface area contributed by atoms with Gasteiger partial charge in [0.1, 0.15) is 12.6 Å². The van der Waals surface area contributed by atoms with Gasteiger partial charge in [0.2, 0.25) is 0 Å². The molecule has 0 aliphatic rings. The molecule has 0 saturated carbocycles. The highest BCUT2D eigenvalue weighted by atomic mass is 35.5. The Bertz CT molecular complexity index is 997. The molecule has 2 aromatic carbocycles. The lowest BCUT2D eigenvalue weighted by Gasteiger charge is -2.19. The van der Waals surface area contributed by atoms with E-state index in [9.17, 15) is 9.59 Å². The van der Waals surface area contributed by atoms with Crippen molar-refractivity contribution in [2.45, 2.75) is 26.3 Å². The summed E-state index contributed by atoms with van der Waals surface area (Å²) in [6.45, 7) is 4.06. The van der Waals surface area contributed by atoms with Gasteiger partial charge in [0.25, 0.3) is 11.8 Å². The molecule has 0 aromatic heterocycles. The molecule has 0 aliphatic heterocycles. The number of nitrogens with zero attached hydrogens (tertiary/aromatic N) is 1. The normalized spacial score (nSPS) is 11.6. The first-order valence-electron chi connectivity index (χ1n) is 9.97. The Balaban J connectivity index is 2.04. The fraction of sp³-hybridized carbons (Fsp3) is 0.292. The molecule has 0 radical (unpaired) electrons. The maximum absolute atomic E-state index is 12.7. The van der Waals surface area contributed by atoms with Gasteiger partial charge < -0.3 is 14.8 Å². The van der Waals surface area contributed by atoms with Crippen LogP contribution in [-0.4, -0.2) is 37.8 Å². The average Bonchev–Trinajstić information content (AvgIpc) is 2.77. The number of hydrogen-bond donors (Lipinski definition) is 2. The zero-order chi connectivity index (χ0) is 23.5. The van der Waals surface area contributed by atoms with Crippen molar-refractivity contribution < 1.29 is 19.1 Å². The molecule has 0 fully saturated rings. The van der Waals surface area contributed by atoms with Gasteiger partial charge in [0, 0.05) is 10.6 Å². The van der Waals surface area contributed by atoms with Crippen molar-refractivity contribution in [2.75, 3.05) is 13.7 Å². The van der Waals surface area contributed by atoms with Crippen molar-refractivity contribution in [3.8, 4) is 23.8 Å². The molecule has 1 unspecified atom stereocenters. The van der Waals surface area contributed by atoms with E-state index < -0.39 is 11.9 Å². The third-order valence-electron chi connectivity index (χ3n) is 4.32. The van der Waals surface area contributed by atoms with Crippen LogP contribution in [0.25, 0.3) is 0 Å². The van der Waals surface area contributed by atoms with Crippen LogP contribution in [0.3, 0.4) is 0 Å². The van der Waals surface area contributed by atoms with E-state index in [0.717, 1.165) is 0 Å². The van der Waals surface area contributed by atoms with Gasteiger partial charge in [0.15, 0.2) is 11.5 Å². The number of ether oxygens (including phenoxy) is 2. The van der Waals surface area contributed by atoms with Gasteiger partial charge in [-0.2, -0.15) is 5.10 Å². The molecule has 0 spiro atoms. The SMILES string of the molecule is C#CCOc1ccc(C=NNC(=O)C(CC(C)C)NC(=O)c2ccc(Cl)cc2)cc1OC. The lowest BCUT2D eigenvalue weighted by Crippen LogP contribution is -2.46. The van der Waals surface area contributed by atoms with E-state index in [-0.39, 0.29) is 18.4 Å². The highest BCUT2D eigenvalue weighted by Gasteiger charge is 2.22. The molecule has 32 heavy (non-hydrogen) atoms. The monoisotopic (exact) mass is 455 g/mol. The standard InChI is InChI=1S/C24H26ClN3O4/c1-5-12-32-21-11-6-17(14-22(21)31-4)15-26-28-24(30)20(13-16(2)3)27-23(29)18-7-9-19(25)10-8-18/h1,6-11,14-16,20H,12-13H2,2-4H3,(H,27,29)(H,28,30). The number of hydrogen-bond acceptors (Lipinski definition) is 5. The Labute approximate surface area is 193 Å². The van der Waals surface area contributed by atoms with E-state index >= 15 is 0 Å². The third kappa shape index (κ3) is 7.64. The van der Waals surface area contributed by atoms with E-state index in [4.69, 9.17) is 27.5 Å². The number of carbonyl (C=O) groups excluding carboxylic acids is 2. The summed E-state index contributed by atoms with van der Waals surface area (Å²) in [4.78, 5) is 25.2. The van der Waals surface area contributed by atoms with Crippen molar-refractivity contribution in [2.24, 2.45) is 11.0 Å². The number of rotatable bonds is 10. The first-order valence-corrected chi connectivity index (χ1v) is 10.4. The number of benzene rings is 2. The van der Waals surface area contributed by atoms with Crippen LogP contribution < -0.4 is 20.2 Å². The molecule has 8 heteroatoms. The van der Waals surface area contributed by atoms with Crippen LogP contribution >= 0.6 is 11.6 Å². The molecular formula is C24H26ClN3O4. The molecule has 0 heterocycles. The number of carbonyl (C=O) groups is 2. The van der Waals surface area contributed by atoms with Crippen LogP contribution in [0.4, 0.5) is 0 Å². The smallest absolute Gasteiger partial charge is 0.262 e. The number of terminal acetylenes is 1. The van der Waals surface area contributed by atoms with Gasteiger partial charge in [-0.15, -0.1) is 6.42 Å². The van der Waals surface area contributed by atoms with E-state index in [0.29, 0.717) is 34.1 Å². The fourth-order valence-corrected chi connectivity index (χ4v) is 2.92. The molecule has 0 bridgehead atoms. The van der Waals surface area contributed by atoms with E-state index in [1.54, 1.807) is 42.5 Å². The van der Waals surface area contributed by atoms with Crippen molar-refractivity contribution >= 4 is 29.6 Å². The van der Waals surface area contributed by atoms with E-state index in [1.165, 1.54) is 13.3 Å². The van der Waals surface area contributed by atoms with Crippen molar-refractivity contribution in [3.05, 3.63) is 58.6 Å². The van der Waals surface area contributed by atoms with Gasteiger partial charge in [-0.3, -0.25) is 9.59 Å². The second-order valence-electron chi connectivity index (χ2n) is 7.30. The Morgan fingerprint density at radius 3 is 2.53 bits per heavy atom. The van der Waals surface area contributed by atoms with Gasteiger partial charge in [-0.05, 0) is 60.4 Å². The Morgan fingerprint density at radius 2 is 1.91 bits per heavy atom. The second kappa shape index (κ2) is 12.4. The molecule has 1 atom stereocenters. The Morgan fingerprint density at radius 1 is 1.19 bits per heavy atom. The summed E-state index contributed by atoms with van der Waals surface area (Å²) in [7, 11) is 1.51. The van der Waals surface area contributed by atoms with Crippen molar-refractivity contribution in [3.63, 3.8) is 0 Å². The number of amides is 2. The zero-order valence-corrected chi connectivity index (χ0v) is 19.0. The summed E-state index contributed by atoms with van der Waals surface area (Å²) in [5.41, 5.74) is 3.58. The lowest BCUT2D eigenvalue weighted by atomic mass is 10.0. The minimum Gasteiger partial charge on any atom is -0.493 e. The summed E-state index contributed by atoms with van der Waals surface area (Å²) in [6, 6.07) is 10.9. The molecule has 0 aliphatic carbocycles. The maximum atomic E-state index is 12.7. The van der Waals surface area contributed by atoms with Crippen LogP contribution in [0.5, 0.6) is 11.5 Å². The summed E-state index contributed by atoms with van der Waals surface area (Å²) < 4.78 is 10.7. The molecule has 2 amide bonds. The van der Waals surface area contributed by atoms with Crippen molar-refractivity contribution in [1.29, 1.82) is 0 Å². The van der Waals surface area contributed by atoms with Gasteiger partial charge in [-0.25, -0.2) is 5.43 Å². The summed E-state index contributed by atoms with van der Waals surface area (Å²) >= 11 is 5.86. The number of hydrazone groups is 1. The summed E-state index contributed by atoms with van der Waals surface area (Å²) in [5, 5.41) is 7.29. The van der Waals surface area contributed by atoms with Gasteiger partial charge >= 0.3 is 0 Å². The third-order valence-corrected chi connectivity index (χ3v) is 4.57. The minimum atomic E-state index is -0.746. The van der Waals surface area contributed by atoms with Crippen LogP contribution in [0, 0.1) is 18.3 Å². The van der Waals surface area contributed by atoms with Crippen LogP contribution in [0.2, 0.25) is 5.02 Å². The Hall–Kier alpha value is -3.50. The fourth-order valence-electron chi connectivity index (χ4n) is 2.80. The highest BCUT2D eigenvalue weighted by molar-refractivity contribution is 6.30. The quantitative estimate of drug-likeness (QED) is 0.325. The minimum absolute atomic E-state index is 0.124. The molecule has 2 N–H and O–H groups in total. The summed E-state index contributed by atoms with van der Waals surface area (Å²) in [5.74, 6) is 2.79. The van der Waals surface area contributed by atoms with Gasteiger partial charge in [0.05, 0.1) is 13.3 Å². The topological polar surface area (TPSA) is 89.0 Å². The number of methoxy groups -OCH3 is 1. The largest absolute Gasteiger partial charge is 0.493 e. The van der Waals surface area contributed by atoms with E-state index in [2.05, 4.69) is 21.8 Å². The van der Waals surface area contributed by atoms with E-state index in [1.807, 2.05) is 13.8 Å². The number of halogens is 1. The predicted molar refractivity (Wildman–Crippen MR) is 125 cm³/mol. The predicted octanol–water partition coefficient (Wildman–Crippen LogP) is 3.66. The number of nitrogens with one attached hydrogen (secondary N) is 2. The zero-order valence-electron chi connectivity index (χ0n) is 18.2. The summed E-state index contributed by atoms with van der Waals surface area (Å²) in [6.07, 6.45) is 7.13. The molecular weight excluding hydrogens is 430 g/mol. The molecule has 0 saturated heterocycles. The molecule has 2 aromatic rings. The van der Waals surface area contributed by atoms with Crippen LogP contribution in [0.1, 0.15) is 36.2 Å². The lowest BCUT2D eigenvalue weighted by molar-refractivity contribution is -0.123. The van der Waals surface area contributed by atoms with Crippen LogP contribution in [0.15, 0.2) is 47.6 Å². The highest BCUT2D eigenvalue weighted by Crippen LogP contribution is 2.27. The molecule has 7 nitrogen and oxygen atoms in total. The maximum Gasteiger partial charge on any atom is 0.262 e. The van der Waals surface area contributed by atoms with Crippen LogP contribution in [-0.2, 0) is 4.79 Å². The molecule has 168 valence electrons. The Kier molecular flexibility index (Phi) is 9.58. The van der Waals surface area contributed by atoms with Gasteiger partial charge in [-0.1, -0.05) is 31.4 Å². The molecule has 2 rings (SSSR count). The second-order valence-corrected chi connectivity index (χ2v) is 7.74. The average molecular weight is 456 g/mol. The first-order chi connectivity index (χ1) is 15.3. The first kappa shape index (κ1) is 24.8.